The Hall–Kier alpha value is 0.0569. The molecule has 0 aromatic carbocycles. The standard InChI is InChI=1S/C6H18N2O2Si/c7-3-5-8-4-1-2-6(9,10)11/h8-10H,1-5,7H2,11H3. The lowest BCUT2D eigenvalue weighted by atomic mass is 10.3. The van der Waals surface area contributed by atoms with Crippen molar-refractivity contribution in [2.24, 2.45) is 5.73 Å². The van der Waals surface area contributed by atoms with E-state index in [1.54, 1.807) is 0 Å². The summed E-state index contributed by atoms with van der Waals surface area (Å²) < 4.78 is 0. The molecule has 0 saturated carbocycles. The highest BCUT2D eigenvalue weighted by Crippen LogP contribution is 2.01. The first-order valence-electron chi connectivity index (χ1n) is 3.92. The normalized spacial score (nSPS) is 12.3. The maximum atomic E-state index is 8.94. The van der Waals surface area contributed by atoms with E-state index in [1.807, 2.05) is 0 Å². The molecule has 11 heavy (non-hydrogen) atoms. The number of hydrogen-bond donors (Lipinski definition) is 4. The van der Waals surface area contributed by atoms with Gasteiger partial charge >= 0.3 is 0 Å². The van der Waals surface area contributed by atoms with E-state index in [4.69, 9.17) is 15.9 Å². The number of hydrogen-bond acceptors (Lipinski definition) is 4. The van der Waals surface area contributed by atoms with Gasteiger partial charge in [0.25, 0.3) is 0 Å². The Labute approximate surface area is 70.2 Å². The lowest BCUT2D eigenvalue weighted by Gasteiger charge is -2.15. The van der Waals surface area contributed by atoms with E-state index >= 15 is 0 Å². The Bertz CT molecular complexity index is 95.1. The third kappa shape index (κ3) is 10.1. The van der Waals surface area contributed by atoms with Crippen LogP contribution in [0.3, 0.4) is 0 Å². The molecule has 0 amide bonds. The molecule has 5 heteroatoms. The molecular weight excluding hydrogens is 160 g/mol. The molecule has 0 saturated heterocycles. The first kappa shape index (κ1) is 11.1. The topological polar surface area (TPSA) is 78.5 Å². The Morgan fingerprint density at radius 2 is 2.00 bits per heavy atom. The highest BCUT2D eigenvalue weighted by Gasteiger charge is 2.12. The van der Waals surface area contributed by atoms with Crippen LogP contribution in [-0.2, 0) is 0 Å². The molecule has 68 valence electrons. The Morgan fingerprint density at radius 1 is 1.36 bits per heavy atom. The molecule has 5 N–H and O–H groups in total. The summed E-state index contributed by atoms with van der Waals surface area (Å²) in [5, 5.41) is 21.0. The van der Waals surface area contributed by atoms with Gasteiger partial charge in [-0.3, -0.25) is 0 Å². The van der Waals surface area contributed by atoms with Crippen molar-refractivity contribution in [1.82, 2.24) is 5.32 Å². The molecule has 0 atom stereocenters. The van der Waals surface area contributed by atoms with Gasteiger partial charge in [0.15, 0.2) is 0 Å². The van der Waals surface area contributed by atoms with Gasteiger partial charge in [0.05, 0.1) is 10.2 Å². The molecule has 0 rings (SSSR count). The second-order valence-electron chi connectivity index (χ2n) is 2.86. The van der Waals surface area contributed by atoms with Crippen LogP contribution in [0.15, 0.2) is 0 Å². The minimum Gasteiger partial charge on any atom is -0.370 e. The molecule has 0 aromatic rings. The molecule has 0 aliphatic heterocycles. The van der Waals surface area contributed by atoms with Crippen LogP contribution < -0.4 is 11.1 Å². The molecule has 0 bridgehead atoms. The Kier molecular flexibility index (Phi) is 5.70. The van der Waals surface area contributed by atoms with Gasteiger partial charge in [-0.15, -0.1) is 0 Å². The number of rotatable bonds is 6. The second-order valence-corrected chi connectivity index (χ2v) is 4.46. The molecule has 0 aromatic heterocycles. The van der Waals surface area contributed by atoms with Crippen molar-refractivity contribution in [3.05, 3.63) is 0 Å². The predicted octanol–water partition coefficient (Wildman–Crippen LogP) is -2.68. The maximum absolute atomic E-state index is 8.94. The molecule has 0 heterocycles. The van der Waals surface area contributed by atoms with Crippen molar-refractivity contribution in [3.63, 3.8) is 0 Å². The molecule has 0 aliphatic rings. The smallest absolute Gasteiger partial charge is 0.135 e. The fraction of sp³-hybridized carbons (Fsp3) is 1.00. The zero-order chi connectivity index (χ0) is 8.74. The number of nitrogens with one attached hydrogen (secondary N) is 1. The van der Waals surface area contributed by atoms with Crippen molar-refractivity contribution in [2.75, 3.05) is 19.6 Å². The van der Waals surface area contributed by atoms with Gasteiger partial charge in [0, 0.05) is 13.1 Å². The molecule has 0 radical (unpaired) electrons. The highest BCUT2D eigenvalue weighted by atomic mass is 28.1. The van der Waals surface area contributed by atoms with Crippen LogP contribution in [0.1, 0.15) is 12.8 Å². The minimum absolute atomic E-state index is 0.406. The SMILES string of the molecule is NCCNCCCC(O)(O)[SiH3]. The molecule has 0 spiro atoms. The summed E-state index contributed by atoms with van der Waals surface area (Å²) in [4.78, 5) is 0. The van der Waals surface area contributed by atoms with Crippen LogP contribution in [0.4, 0.5) is 0 Å². The van der Waals surface area contributed by atoms with Gasteiger partial charge in [-0.05, 0) is 19.4 Å². The van der Waals surface area contributed by atoms with Crippen LogP contribution in [0.2, 0.25) is 0 Å². The number of aliphatic hydroxyl groups is 2. The fourth-order valence-electron chi connectivity index (χ4n) is 0.775. The summed E-state index contributed by atoms with van der Waals surface area (Å²) in [6, 6.07) is 0. The average Bonchev–Trinajstić information content (AvgIpc) is 1.85. The first-order chi connectivity index (χ1) is 5.06. The lowest BCUT2D eigenvalue weighted by Crippen LogP contribution is -2.30. The summed E-state index contributed by atoms with van der Waals surface area (Å²) >= 11 is 0. The first-order valence-corrected chi connectivity index (χ1v) is 4.92. The number of nitrogens with two attached hydrogens (primary N) is 1. The van der Waals surface area contributed by atoms with Crippen LogP contribution in [0.5, 0.6) is 0 Å². The second kappa shape index (κ2) is 5.67. The minimum atomic E-state index is -1.38. The van der Waals surface area contributed by atoms with Gasteiger partial charge in [-0.2, -0.15) is 0 Å². The summed E-state index contributed by atoms with van der Waals surface area (Å²) in [6.45, 7) is 2.23. The summed E-state index contributed by atoms with van der Waals surface area (Å²) in [6.07, 6.45) is 1.24. The summed E-state index contributed by atoms with van der Waals surface area (Å²) in [7, 11) is 0.406. The monoisotopic (exact) mass is 178 g/mol. The van der Waals surface area contributed by atoms with Gasteiger partial charge in [-0.25, -0.2) is 0 Å². The molecule has 4 nitrogen and oxygen atoms in total. The van der Waals surface area contributed by atoms with Crippen molar-refractivity contribution >= 4 is 10.2 Å². The molecule has 0 fully saturated rings. The summed E-state index contributed by atoms with van der Waals surface area (Å²) in [5.41, 5.74) is 3.86. The lowest BCUT2D eigenvalue weighted by molar-refractivity contribution is -0.0909. The average molecular weight is 178 g/mol. The van der Waals surface area contributed by atoms with Crippen LogP contribution in [0, 0.1) is 0 Å². The van der Waals surface area contributed by atoms with E-state index in [1.165, 1.54) is 0 Å². The molecule has 0 unspecified atom stereocenters. The van der Waals surface area contributed by atoms with E-state index in [2.05, 4.69) is 5.32 Å². The highest BCUT2D eigenvalue weighted by molar-refractivity contribution is 6.12. The van der Waals surface area contributed by atoms with Gasteiger partial charge in [0.2, 0.25) is 0 Å². The third-order valence-corrected chi connectivity index (χ3v) is 1.83. The van der Waals surface area contributed by atoms with E-state index in [0.29, 0.717) is 23.2 Å². The molecule has 0 aliphatic carbocycles. The maximum Gasteiger partial charge on any atom is 0.135 e. The van der Waals surface area contributed by atoms with Crippen LogP contribution >= 0.6 is 0 Å². The third-order valence-electron chi connectivity index (χ3n) is 1.33. The Morgan fingerprint density at radius 3 is 2.45 bits per heavy atom. The van der Waals surface area contributed by atoms with E-state index in [-0.39, 0.29) is 0 Å². The zero-order valence-electron chi connectivity index (χ0n) is 7.01. The van der Waals surface area contributed by atoms with Crippen molar-refractivity contribution in [3.8, 4) is 0 Å². The van der Waals surface area contributed by atoms with Crippen molar-refractivity contribution in [2.45, 2.75) is 18.3 Å². The van der Waals surface area contributed by atoms with Gasteiger partial charge in [0.1, 0.15) is 5.41 Å². The Balaban J connectivity index is 3.02. The predicted molar refractivity (Wildman–Crippen MR) is 48.3 cm³/mol. The van der Waals surface area contributed by atoms with E-state index in [9.17, 15) is 0 Å². The van der Waals surface area contributed by atoms with Crippen molar-refractivity contribution in [1.29, 1.82) is 0 Å². The van der Waals surface area contributed by atoms with Crippen molar-refractivity contribution < 1.29 is 10.2 Å². The van der Waals surface area contributed by atoms with Gasteiger partial charge in [-0.1, -0.05) is 0 Å². The van der Waals surface area contributed by atoms with Gasteiger partial charge < -0.3 is 21.3 Å². The zero-order valence-corrected chi connectivity index (χ0v) is 9.01. The van der Waals surface area contributed by atoms with Crippen LogP contribution in [-0.4, -0.2) is 45.5 Å². The molecular formula is C6H18N2O2Si. The quantitative estimate of drug-likeness (QED) is 0.203. The van der Waals surface area contributed by atoms with E-state index < -0.39 is 5.41 Å². The van der Waals surface area contributed by atoms with E-state index in [0.717, 1.165) is 19.5 Å². The van der Waals surface area contributed by atoms with Crippen LogP contribution in [0.25, 0.3) is 0 Å². The summed E-state index contributed by atoms with van der Waals surface area (Å²) in [5.74, 6) is 0. The fourth-order valence-corrected chi connectivity index (χ4v) is 1.13. The largest absolute Gasteiger partial charge is 0.370 e.